The number of hydrogen-bond donors (Lipinski definition) is 1. The number of carbonyl (C=O) groups is 4. The largest absolute Gasteiger partial charge is 0.459 e. The molecular formula is C32H54N2O9. The molecule has 6 unspecified atom stereocenters. The zero-order valence-corrected chi connectivity index (χ0v) is 28.3. The topological polar surface area (TPSA) is 130 Å². The molecule has 1 fully saturated rings. The lowest BCUT2D eigenvalue weighted by molar-refractivity contribution is -0.289. The van der Waals surface area contributed by atoms with Gasteiger partial charge in [0.2, 0.25) is 0 Å². The maximum atomic E-state index is 13.9. The number of allylic oxidation sites excluding steroid dienone is 1. The molecule has 1 saturated heterocycles. The van der Waals surface area contributed by atoms with Gasteiger partial charge in [-0.2, -0.15) is 0 Å². The Kier molecular flexibility index (Phi) is 12.5. The zero-order valence-electron chi connectivity index (χ0n) is 28.3. The smallest absolute Gasteiger partial charge is 0.407 e. The van der Waals surface area contributed by atoms with Crippen molar-refractivity contribution in [2.45, 2.75) is 117 Å². The van der Waals surface area contributed by atoms with Gasteiger partial charge in [-0.3, -0.25) is 14.4 Å². The number of ketones is 2. The van der Waals surface area contributed by atoms with Gasteiger partial charge in [-0.15, -0.1) is 0 Å². The molecule has 0 aliphatic carbocycles. The molecule has 10 atom stereocenters. The molecule has 43 heavy (non-hydrogen) atoms. The lowest BCUT2D eigenvalue weighted by Gasteiger charge is -2.47. The van der Waals surface area contributed by atoms with Gasteiger partial charge < -0.3 is 33.9 Å². The number of esters is 1. The van der Waals surface area contributed by atoms with Crippen molar-refractivity contribution < 1.29 is 42.9 Å². The number of rotatable bonds is 5. The molecule has 1 N–H and O–H groups in total. The van der Waals surface area contributed by atoms with Crippen LogP contribution in [0, 0.1) is 23.2 Å². The molecule has 246 valence electrons. The maximum Gasteiger partial charge on any atom is 0.407 e. The first-order chi connectivity index (χ1) is 19.8. The van der Waals surface area contributed by atoms with E-state index in [1.807, 2.05) is 41.8 Å². The monoisotopic (exact) mass is 610 g/mol. The number of nitrogens with zero attached hydrogens (tertiary/aromatic N) is 1. The van der Waals surface area contributed by atoms with Crippen LogP contribution in [0.5, 0.6) is 0 Å². The predicted octanol–water partition coefficient (Wildman–Crippen LogP) is 3.92. The molecule has 0 aromatic carbocycles. The second-order valence-corrected chi connectivity index (χ2v) is 13.5. The number of carbonyl (C=O) groups excluding carboxylic acids is 4. The number of methoxy groups -OCH3 is 2. The van der Waals surface area contributed by atoms with Crippen LogP contribution in [0.15, 0.2) is 11.6 Å². The average Bonchev–Trinajstić information content (AvgIpc) is 2.92. The minimum Gasteiger partial charge on any atom is -0.459 e. The van der Waals surface area contributed by atoms with Gasteiger partial charge in [0.05, 0.1) is 24.9 Å². The minimum absolute atomic E-state index is 0.0166. The van der Waals surface area contributed by atoms with E-state index in [4.69, 9.17) is 23.7 Å². The van der Waals surface area contributed by atoms with Gasteiger partial charge >= 0.3 is 12.1 Å². The Labute approximate surface area is 257 Å². The number of ether oxygens (including phenoxy) is 5. The average molecular weight is 611 g/mol. The van der Waals surface area contributed by atoms with E-state index in [1.165, 1.54) is 14.0 Å². The number of hydrogen-bond acceptors (Lipinski definition) is 10. The third-order valence-electron chi connectivity index (χ3n) is 9.14. The first-order valence-electron chi connectivity index (χ1n) is 15.1. The fraction of sp³-hybridized carbons (Fsp3) is 0.812. The first kappa shape index (κ1) is 36.8. The van der Waals surface area contributed by atoms with E-state index in [0.717, 1.165) is 6.42 Å². The van der Waals surface area contributed by atoms with E-state index >= 15 is 0 Å². The van der Waals surface area contributed by atoms with E-state index in [1.54, 1.807) is 40.9 Å². The quantitative estimate of drug-likeness (QED) is 0.361. The van der Waals surface area contributed by atoms with Gasteiger partial charge in [-0.25, -0.2) is 4.79 Å². The number of alkyl carbamates (subject to hydrolysis) is 1. The van der Waals surface area contributed by atoms with E-state index in [2.05, 4.69) is 10.2 Å². The van der Waals surface area contributed by atoms with E-state index in [9.17, 15) is 19.2 Å². The Morgan fingerprint density at radius 1 is 1.05 bits per heavy atom. The van der Waals surface area contributed by atoms with Crippen LogP contribution in [-0.2, 0) is 38.1 Å². The van der Waals surface area contributed by atoms with Gasteiger partial charge in [-0.05, 0) is 78.6 Å². The van der Waals surface area contributed by atoms with Crippen molar-refractivity contribution in [2.24, 2.45) is 23.2 Å². The second kappa shape index (κ2) is 14.6. The summed E-state index contributed by atoms with van der Waals surface area (Å²) in [6, 6.07) is 0.0166. The van der Waals surface area contributed by atoms with Crippen molar-refractivity contribution >= 4 is 23.6 Å². The van der Waals surface area contributed by atoms with E-state index in [0.29, 0.717) is 12.0 Å². The van der Waals surface area contributed by atoms with Crippen molar-refractivity contribution in [3.63, 3.8) is 0 Å². The normalized spacial score (nSPS) is 39.3. The fourth-order valence-electron chi connectivity index (χ4n) is 6.52. The van der Waals surface area contributed by atoms with Crippen LogP contribution in [0.3, 0.4) is 0 Å². The summed E-state index contributed by atoms with van der Waals surface area (Å²) in [6.07, 6.45) is -1.02. The van der Waals surface area contributed by atoms with Gasteiger partial charge in [0.25, 0.3) is 0 Å². The molecule has 0 radical (unpaired) electrons. The Morgan fingerprint density at radius 3 is 2.19 bits per heavy atom. The summed E-state index contributed by atoms with van der Waals surface area (Å²) < 4.78 is 29.4. The molecule has 0 bridgehead atoms. The van der Waals surface area contributed by atoms with Crippen LogP contribution in [-0.4, -0.2) is 99.1 Å². The highest BCUT2D eigenvalue weighted by molar-refractivity contribution is 6.00. The van der Waals surface area contributed by atoms with Crippen molar-refractivity contribution in [2.75, 3.05) is 28.3 Å². The highest BCUT2D eigenvalue weighted by atomic mass is 16.7. The molecule has 0 aromatic heterocycles. The summed E-state index contributed by atoms with van der Waals surface area (Å²) in [5, 5.41) is 2.69. The summed E-state index contributed by atoms with van der Waals surface area (Å²) in [6.45, 7) is 15.9. The molecule has 11 heteroatoms. The Morgan fingerprint density at radius 2 is 1.65 bits per heavy atom. The summed E-state index contributed by atoms with van der Waals surface area (Å²) >= 11 is 0. The highest BCUT2D eigenvalue weighted by Gasteiger charge is 2.48. The van der Waals surface area contributed by atoms with Crippen LogP contribution < -0.4 is 5.32 Å². The minimum atomic E-state index is -1.28. The Hall–Kier alpha value is -2.34. The number of likely N-dealkylation sites (N-methyl/N-ethyl adjacent to an activating group) is 1. The molecule has 2 rings (SSSR count). The standard InChI is InChI=1S/C32H54N2O9/c1-17-15-31(7,8)27(43-29-26(39-12)23(34(10)11)14-19(3)41-29)20(4)25(36)21(5)28(37)42-22(6)32(9,33-30(38)40-13)16-18(2)24(17)35/h16-17,19-23,26-27,29H,14-15H2,1-13H3,(H,33,38)/b18-16+/t17?,19-,20+,21-,22-,23?,26?,27?,29?,32?/m1/s1. The van der Waals surface area contributed by atoms with Gasteiger partial charge in [0.15, 0.2) is 17.9 Å². The highest BCUT2D eigenvalue weighted by Crippen LogP contribution is 2.40. The molecular weight excluding hydrogens is 556 g/mol. The Bertz CT molecular complexity index is 1060. The molecule has 2 heterocycles. The van der Waals surface area contributed by atoms with Crippen molar-refractivity contribution in [3.8, 4) is 0 Å². The molecule has 2 aliphatic rings. The molecule has 0 spiro atoms. The van der Waals surface area contributed by atoms with Crippen LogP contribution in [0.2, 0.25) is 0 Å². The Balaban J connectivity index is 2.61. The molecule has 0 saturated carbocycles. The second-order valence-electron chi connectivity index (χ2n) is 13.5. The van der Waals surface area contributed by atoms with Crippen molar-refractivity contribution in [1.29, 1.82) is 0 Å². The van der Waals surface area contributed by atoms with Crippen LogP contribution in [0.4, 0.5) is 4.79 Å². The molecule has 2 aliphatic heterocycles. The summed E-state index contributed by atoms with van der Waals surface area (Å²) in [4.78, 5) is 55.3. The molecule has 0 aromatic rings. The molecule has 1 amide bonds. The maximum absolute atomic E-state index is 13.9. The van der Waals surface area contributed by atoms with Crippen LogP contribution in [0.25, 0.3) is 0 Å². The first-order valence-corrected chi connectivity index (χ1v) is 15.1. The number of cyclic esters (lactones) is 1. The number of nitrogens with one attached hydrogen (secondary N) is 1. The number of Topliss-reactive ketones (excluding diaryl/α,β-unsaturated/α-hetero) is 2. The summed E-state index contributed by atoms with van der Waals surface area (Å²) in [5.74, 6) is -3.58. The van der Waals surface area contributed by atoms with Gasteiger partial charge in [-0.1, -0.05) is 27.7 Å². The summed E-state index contributed by atoms with van der Waals surface area (Å²) in [5.41, 5.74) is -1.60. The van der Waals surface area contributed by atoms with E-state index < -0.39 is 65.4 Å². The lowest BCUT2D eigenvalue weighted by atomic mass is 9.71. The predicted molar refractivity (Wildman–Crippen MR) is 161 cm³/mol. The fourth-order valence-corrected chi connectivity index (χ4v) is 6.52. The van der Waals surface area contributed by atoms with Crippen LogP contribution >= 0.6 is 0 Å². The van der Waals surface area contributed by atoms with Crippen LogP contribution in [0.1, 0.15) is 75.2 Å². The number of amides is 1. The molecule has 11 nitrogen and oxygen atoms in total. The summed E-state index contributed by atoms with van der Waals surface area (Å²) in [7, 11) is 6.79. The van der Waals surface area contributed by atoms with Gasteiger partial charge in [0, 0.05) is 25.0 Å². The van der Waals surface area contributed by atoms with Gasteiger partial charge in [0.1, 0.15) is 18.1 Å². The van der Waals surface area contributed by atoms with E-state index in [-0.39, 0.29) is 23.7 Å². The SMILES string of the molecule is COC(=O)NC1(C)/C=C(\C)C(=O)C(C)CC(C)(C)C(OC2O[C@H](C)CC(N(C)C)C2OC)[C@@H](C)C(=O)[C@@H](C)C(=O)O[C@@H]1C. The van der Waals surface area contributed by atoms with Crippen molar-refractivity contribution in [3.05, 3.63) is 11.6 Å². The van der Waals surface area contributed by atoms with Crippen molar-refractivity contribution in [1.82, 2.24) is 10.2 Å². The third kappa shape index (κ3) is 8.65. The third-order valence-corrected chi connectivity index (χ3v) is 9.14. The zero-order chi connectivity index (χ0) is 33.0. The lowest BCUT2D eigenvalue weighted by Crippen LogP contribution is -2.58.